The van der Waals surface area contributed by atoms with Crippen LogP contribution in [0, 0.1) is 0 Å². The number of rotatable bonds is 60. The van der Waals surface area contributed by atoms with Gasteiger partial charge in [0.1, 0.15) is 13.2 Å². The molecule has 0 aromatic rings. The molecule has 0 aromatic carbocycles. The molecule has 6 heteroatoms. The smallest absolute Gasteiger partial charge is 0.306 e. The lowest BCUT2D eigenvalue weighted by molar-refractivity contribution is -0.167. The zero-order valence-electron chi connectivity index (χ0n) is 51.4. The minimum Gasteiger partial charge on any atom is -0.462 e. The number of allylic oxidation sites excluding steroid dienone is 16. The Hall–Kier alpha value is -3.67. The highest BCUT2D eigenvalue weighted by atomic mass is 16.6. The quantitative estimate of drug-likeness (QED) is 0.0261. The van der Waals surface area contributed by atoms with Gasteiger partial charge in [0.05, 0.1) is 0 Å². The number of esters is 3. The van der Waals surface area contributed by atoms with Crippen LogP contribution in [-0.4, -0.2) is 37.2 Å². The Labute approximate surface area is 483 Å². The van der Waals surface area contributed by atoms with Crippen LogP contribution in [0.1, 0.15) is 323 Å². The van der Waals surface area contributed by atoms with Crippen LogP contribution in [0.5, 0.6) is 0 Å². The number of hydrogen-bond acceptors (Lipinski definition) is 6. The van der Waals surface area contributed by atoms with E-state index in [0.717, 1.165) is 109 Å². The van der Waals surface area contributed by atoms with Crippen LogP contribution in [0.3, 0.4) is 0 Å². The van der Waals surface area contributed by atoms with Crippen molar-refractivity contribution in [1.29, 1.82) is 0 Å². The molecule has 0 aliphatic heterocycles. The van der Waals surface area contributed by atoms with Crippen molar-refractivity contribution in [2.75, 3.05) is 13.2 Å². The van der Waals surface area contributed by atoms with Gasteiger partial charge in [-0.2, -0.15) is 0 Å². The van der Waals surface area contributed by atoms with Gasteiger partial charge >= 0.3 is 17.9 Å². The summed E-state index contributed by atoms with van der Waals surface area (Å²) < 4.78 is 16.9. The number of carbonyl (C=O) groups excluding carboxylic acids is 3. The molecule has 6 nitrogen and oxygen atoms in total. The molecule has 0 saturated carbocycles. The maximum atomic E-state index is 12.9. The van der Waals surface area contributed by atoms with Crippen LogP contribution in [0.25, 0.3) is 0 Å². The van der Waals surface area contributed by atoms with Crippen LogP contribution in [-0.2, 0) is 28.6 Å². The molecular formula is C72H124O6. The normalized spacial score (nSPS) is 12.7. The van der Waals surface area contributed by atoms with Crippen molar-refractivity contribution in [3.63, 3.8) is 0 Å². The van der Waals surface area contributed by atoms with Gasteiger partial charge in [0.25, 0.3) is 0 Å². The molecule has 78 heavy (non-hydrogen) atoms. The highest BCUT2D eigenvalue weighted by Gasteiger charge is 2.19. The van der Waals surface area contributed by atoms with Crippen molar-refractivity contribution in [3.8, 4) is 0 Å². The van der Waals surface area contributed by atoms with Gasteiger partial charge in [0.15, 0.2) is 6.10 Å². The first-order valence-electron chi connectivity index (χ1n) is 33.2. The van der Waals surface area contributed by atoms with Gasteiger partial charge in [-0.1, -0.05) is 304 Å². The highest BCUT2D eigenvalue weighted by Crippen LogP contribution is 2.17. The Morgan fingerprint density at radius 1 is 0.269 bits per heavy atom. The first-order valence-corrected chi connectivity index (χ1v) is 33.2. The molecule has 448 valence electrons. The van der Waals surface area contributed by atoms with E-state index in [4.69, 9.17) is 14.2 Å². The predicted octanol–water partition coefficient (Wildman–Crippen LogP) is 22.8. The summed E-state index contributed by atoms with van der Waals surface area (Å²) in [5.74, 6) is -0.872. The zero-order chi connectivity index (χ0) is 56.4. The Kier molecular flexibility index (Phi) is 62.7. The third kappa shape index (κ3) is 63.2. The summed E-state index contributed by atoms with van der Waals surface area (Å²) in [7, 11) is 0. The molecule has 0 aliphatic rings. The summed E-state index contributed by atoms with van der Waals surface area (Å²) in [4.78, 5) is 38.2. The van der Waals surface area contributed by atoms with Crippen molar-refractivity contribution in [1.82, 2.24) is 0 Å². The number of carbonyl (C=O) groups is 3. The summed E-state index contributed by atoms with van der Waals surface area (Å²) >= 11 is 0. The fourth-order valence-corrected chi connectivity index (χ4v) is 9.43. The number of ether oxygens (including phenoxy) is 3. The average molecular weight is 1090 g/mol. The molecule has 1 unspecified atom stereocenters. The van der Waals surface area contributed by atoms with Crippen LogP contribution in [0.4, 0.5) is 0 Å². The molecule has 0 fully saturated rings. The van der Waals surface area contributed by atoms with E-state index in [1.54, 1.807) is 0 Å². The van der Waals surface area contributed by atoms with Gasteiger partial charge in [-0.25, -0.2) is 0 Å². The van der Waals surface area contributed by atoms with E-state index >= 15 is 0 Å². The predicted molar refractivity (Wildman–Crippen MR) is 339 cm³/mol. The number of hydrogen-bond donors (Lipinski definition) is 0. The van der Waals surface area contributed by atoms with E-state index in [1.807, 2.05) is 0 Å². The molecule has 0 amide bonds. The van der Waals surface area contributed by atoms with Crippen LogP contribution in [0.15, 0.2) is 97.2 Å². The first-order chi connectivity index (χ1) is 38.5. The summed E-state index contributed by atoms with van der Waals surface area (Å²) in [5, 5.41) is 0. The molecular weight excluding hydrogens is 961 g/mol. The lowest BCUT2D eigenvalue weighted by atomic mass is 10.0. The molecule has 0 spiro atoms. The Balaban J connectivity index is 4.12. The van der Waals surface area contributed by atoms with Gasteiger partial charge < -0.3 is 14.2 Å². The second-order valence-corrected chi connectivity index (χ2v) is 22.0. The van der Waals surface area contributed by atoms with Crippen molar-refractivity contribution in [2.24, 2.45) is 0 Å². The van der Waals surface area contributed by atoms with E-state index in [2.05, 4.69) is 118 Å². The molecule has 0 radical (unpaired) electrons. The Morgan fingerprint density at radius 3 is 0.782 bits per heavy atom. The van der Waals surface area contributed by atoms with E-state index in [1.165, 1.54) is 173 Å². The van der Waals surface area contributed by atoms with Crippen molar-refractivity contribution < 1.29 is 28.6 Å². The lowest BCUT2D eigenvalue weighted by Gasteiger charge is -2.18. The van der Waals surface area contributed by atoms with E-state index < -0.39 is 6.10 Å². The van der Waals surface area contributed by atoms with E-state index in [-0.39, 0.29) is 31.1 Å². The molecule has 0 heterocycles. The summed E-state index contributed by atoms with van der Waals surface area (Å²) in [6.07, 6.45) is 88.7. The van der Waals surface area contributed by atoms with E-state index in [0.29, 0.717) is 19.3 Å². The zero-order valence-corrected chi connectivity index (χ0v) is 51.4. The van der Waals surface area contributed by atoms with Gasteiger partial charge in [0.2, 0.25) is 0 Å². The number of unbranched alkanes of at least 4 members (excludes halogenated alkanes) is 33. The highest BCUT2D eigenvalue weighted by molar-refractivity contribution is 5.71. The van der Waals surface area contributed by atoms with Crippen LogP contribution in [0.2, 0.25) is 0 Å². The third-order valence-corrected chi connectivity index (χ3v) is 14.3. The first kappa shape index (κ1) is 74.3. The van der Waals surface area contributed by atoms with Gasteiger partial charge in [-0.3, -0.25) is 14.4 Å². The van der Waals surface area contributed by atoms with Crippen molar-refractivity contribution in [3.05, 3.63) is 97.2 Å². The Morgan fingerprint density at radius 2 is 0.500 bits per heavy atom. The minimum atomic E-state index is -0.777. The summed E-state index contributed by atoms with van der Waals surface area (Å²) in [5.41, 5.74) is 0. The fraction of sp³-hybridized carbons (Fsp3) is 0.736. The largest absolute Gasteiger partial charge is 0.462 e. The second-order valence-electron chi connectivity index (χ2n) is 22.0. The Bertz CT molecular complexity index is 1530. The maximum Gasteiger partial charge on any atom is 0.306 e. The van der Waals surface area contributed by atoms with Gasteiger partial charge in [-0.05, 0) is 96.3 Å². The van der Waals surface area contributed by atoms with Crippen LogP contribution >= 0.6 is 0 Å². The van der Waals surface area contributed by atoms with Crippen molar-refractivity contribution in [2.45, 2.75) is 329 Å². The molecule has 0 aliphatic carbocycles. The van der Waals surface area contributed by atoms with Crippen LogP contribution < -0.4 is 0 Å². The molecule has 0 saturated heterocycles. The second kappa shape index (κ2) is 65.8. The third-order valence-electron chi connectivity index (χ3n) is 14.3. The summed E-state index contributed by atoms with van der Waals surface area (Å²) in [6.45, 7) is 6.41. The average Bonchev–Trinajstić information content (AvgIpc) is 3.44. The standard InChI is InChI=1S/C72H124O6/c1-4-7-10-13-16-19-21-23-25-27-29-31-33-34-35-36-37-38-40-41-43-45-47-49-51-53-56-59-62-65-71(74)77-68-69(67-76-70(73)64-61-58-55-18-15-12-9-6-3)78-72(75)66-63-60-57-54-52-50-48-46-44-42-39-32-30-28-26-24-22-20-17-14-11-8-5-2/h7-8,10-11,16-17,19-20,23-26,29-32,69H,4-6,9,12-15,18,21-22,27-28,33-68H2,1-3H3/b10-7-,11-8-,19-16-,20-17-,25-23-,26-24-,31-29-,32-30-. The fourth-order valence-electron chi connectivity index (χ4n) is 9.43. The lowest BCUT2D eigenvalue weighted by Crippen LogP contribution is -2.30. The molecule has 0 rings (SSSR count). The molecule has 0 aromatic heterocycles. The molecule has 0 bridgehead atoms. The topological polar surface area (TPSA) is 78.9 Å². The van der Waals surface area contributed by atoms with Gasteiger partial charge in [-0.15, -0.1) is 0 Å². The van der Waals surface area contributed by atoms with Crippen molar-refractivity contribution >= 4 is 17.9 Å². The molecule has 0 N–H and O–H groups in total. The van der Waals surface area contributed by atoms with Gasteiger partial charge in [0, 0.05) is 19.3 Å². The maximum absolute atomic E-state index is 12.9. The summed E-state index contributed by atoms with van der Waals surface area (Å²) in [6, 6.07) is 0. The monoisotopic (exact) mass is 1080 g/mol. The minimum absolute atomic E-state index is 0.0755. The molecule has 1 atom stereocenters. The van der Waals surface area contributed by atoms with E-state index in [9.17, 15) is 14.4 Å². The SMILES string of the molecule is CC/C=C\C/C=C\C/C=C\C/C=C\CCCCCCCCCCCCCCCCCCC(=O)OCC(COC(=O)CCCCCCCCCC)OC(=O)CCCCCCCCCCCC/C=C\C/C=C\C/C=C\C/C=C\CC.